The number of aliphatic hydroxyl groups excluding tert-OH is 4. The van der Waals surface area contributed by atoms with E-state index in [2.05, 4.69) is 6.92 Å². The second kappa shape index (κ2) is 9.09. The van der Waals surface area contributed by atoms with Crippen LogP contribution in [-0.4, -0.2) is 45.3 Å². The molecule has 91 valence electrons. The molecule has 0 rings (SSSR count). The molecule has 0 bridgehead atoms. The van der Waals surface area contributed by atoms with E-state index in [1.54, 1.807) is 0 Å². The molecule has 0 saturated heterocycles. The van der Waals surface area contributed by atoms with Gasteiger partial charge in [-0.1, -0.05) is 6.92 Å². The Labute approximate surface area is 91.6 Å². The van der Waals surface area contributed by atoms with Gasteiger partial charge in [-0.2, -0.15) is 0 Å². The van der Waals surface area contributed by atoms with Gasteiger partial charge in [0.1, 0.15) is 0 Å². The molecule has 0 aliphatic rings. The molecule has 4 N–H and O–H groups in total. The number of rotatable bonds is 9. The van der Waals surface area contributed by atoms with Crippen molar-refractivity contribution in [1.82, 2.24) is 0 Å². The Morgan fingerprint density at radius 1 is 0.733 bits per heavy atom. The topological polar surface area (TPSA) is 80.9 Å². The lowest BCUT2D eigenvalue weighted by Gasteiger charge is -2.14. The zero-order chi connectivity index (χ0) is 11.7. The molecule has 1 radical (unpaired) electrons. The van der Waals surface area contributed by atoms with Crippen molar-refractivity contribution in [2.24, 2.45) is 0 Å². The third-order valence-electron chi connectivity index (χ3n) is 2.46. The molecular weight excluding hydrogens is 196 g/mol. The van der Waals surface area contributed by atoms with Crippen molar-refractivity contribution in [3.63, 3.8) is 0 Å². The van der Waals surface area contributed by atoms with Gasteiger partial charge in [-0.15, -0.1) is 0 Å². The van der Waals surface area contributed by atoms with Crippen LogP contribution < -0.4 is 0 Å². The second-order valence-electron chi connectivity index (χ2n) is 3.92. The van der Waals surface area contributed by atoms with Crippen molar-refractivity contribution in [2.75, 3.05) is 6.61 Å². The Balaban J connectivity index is 3.44. The van der Waals surface area contributed by atoms with Crippen LogP contribution in [0, 0.1) is 6.92 Å². The third kappa shape index (κ3) is 8.81. The summed E-state index contributed by atoms with van der Waals surface area (Å²) in [5, 5.41) is 36.6. The average molecular weight is 219 g/mol. The summed E-state index contributed by atoms with van der Waals surface area (Å²) >= 11 is 0. The van der Waals surface area contributed by atoms with Crippen molar-refractivity contribution in [3.05, 3.63) is 6.92 Å². The molecule has 0 fully saturated rings. The van der Waals surface area contributed by atoms with Crippen molar-refractivity contribution in [3.8, 4) is 0 Å². The third-order valence-corrected chi connectivity index (χ3v) is 2.46. The predicted octanol–water partition coefficient (Wildman–Crippen LogP) is 0.236. The first-order chi connectivity index (χ1) is 7.10. The fraction of sp³-hybridized carbons (Fsp3) is 0.909. The van der Waals surface area contributed by atoms with Crippen molar-refractivity contribution in [2.45, 2.75) is 56.8 Å². The molecule has 15 heavy (non-hydrogen) atoms. The van der Waals surface area contributed by atoms with E-state index in [-0.39, 0.29) is 6.61 Å². The van der Waals surface area contributed by atoms with Crippen LogP contribution in [0.5, 0.6) is 0 Å². The Hall–Kier alpha value is -0.160. The van der Waals surface area contributed by atoms with E-state index in [1.165, 1.54) is 0 Å². The lowest BCUT2D eigenvalue weighted by molar-refractivity contribution is 0.0791. The molecule has 0 aromatic heterocycles. The molecule has 0 spiro atoms. The highest BCUT2D eigenvalue weighted by Crippen LogP contribution is 2.11. The van der Waals surface area contributed by atoms with Crippen LogP contribution in [0.4, 0.5) is 0 Å². The average Bonchev–Trinajstić information content (AvgIpc) is 2.23. The summed E-state index contributed by atoms with van der Waals surface area (Å²) in [5.74, 6) is 0. The van der Waals surface area contributed by atoms with E-state index in [4.69, 9.17) is 5.11 Å². The van der Waals surface area contributed by atoms with E-state index >= 15 is 0 Å². The molecule has 4 nitrogen and oxygen atoms in total. The van der Waals surface area contributed by atoms with Gasteiger partial charge in [0.15, 0.2) is 0 Å². The first kappa shape index (κ1) is 14.8. The predicted molar refractivity (Wildman–Crippen MR) is 58.2 cm³/mol. The van der Waals surface area contributed by atoms with Gasteiger partial charge < -0.3 is 20.4 Å². The van der Waals surface area contributed by atoms with E-state index in [1.807, 2.05) is 0 Å². The monoisotopic (exact) mass is 219 g/mol. The summed E-state index contributed by atoms with van der Waals surface area (Å²) in [6.45, 7) is 3.53. The van der Waals surface area contributed by atoms with Gasteiger partial charge in [0, 0.05) is 6.61 Å². The summed E-state index contributed by atoms with van der Waals surface area (Å²) in [6, 6.07) is 0. The molecule has 0 heterocycles. The van der Waals surface area contributed by atoms with Gasteiger partial charge in [0.05, 0.1) is 18.3 Å². The van der Waals surface area contributed by atoms with Crippen LogP contribution in [0.3, 0.4) is 0 Å². The first-order valence-corrected chi connectivity index (χ1v) is 5.54. The normalized spacial score (nSPS) is 17.4. The molecule has 0 aromatic carbocycles. The number of hydrogen-bond donors (Lipinski definition) is 4. The zero-order valence-corrected chi connectivity index (χ0v) is 9.18. The maximum Gasteiger partial charge on any atom is 0.0563 e. The SMILES string of the molecule is [CH2]CC(O)CCC(O)CCC(O)CCO. The summed E-state index contributed by atoms with van der Waals surface area (Å²) in [6.07, 6.45) is 1.41. The van der Waals surface area contributed by atoms with Crippen LogP contribution in [0.2, 0.25) is 0 Å². The maximum absolute atomic E-state index is 9.51. The molecule has 0 saturated carbocycles. The van der Waals surface area contributed by atoms with Gasteiger partial charge in [-0.05, 0) is 38.5 Å². The first-order valence-electron chi connectivity index (χ1n) is 5.54. The Morgan fingerprint density at radius 3 is 1.53 bits per heavy atom. The fourth-order valence-corrected chi connectivity index (χ4v) is 1.35. The minimum atomic E-state index is -0.539. The minimum Gasteiger partial charge on any atom is -0.396 e. The van der Waals surface area contributed by atoms with Gasteiger partial charge in [-0.3, -0.25) is 0 Å². The smallest absolute Gasteiger partial charge is 0.0563 e. The molecule has 0 amide bonds. The van der Waals surface area contributed by atoms with Gasteiger partial charge in [-0.25, -0.2) is 0 Å². The van der Waals surface area contributed by atoms with Crippen LogP contribution in [0.15, 0.2) is 0 Å². The molecule has 3 unspecified atom stereocenters. The van der Waals surface area contributed by atoms with E-state index in [0.29, 0.717) is 38.5 Å². The standard InChI is InChI=1S/C11H23O4/c1-2-9(13)3-4-10(14)5-6-11(15)7-8-12/h9-15H,1-8H2. The second-order valence-corrected chi connectivity index (χ2v) is 3.92. The highest BCUT2D eigenvalue weighted by atomic mass is 16.3. The highest BCUT2D eigenvalue weighted by molar-refractivity contribution is 4.65. The zero-order valence-electron chi connectivity index (χ0n) is 9.18. The van der Waals surface area contributed by atoms with E-state index in [9.17, 15) is 15.3 Å². The lowest BCUT2D eigenvalue weighted by atomic mass is 10.0. The quantitative estimate of drug-likeness (QED) is 0.448. The van der Waals surface area contributed by atoms with Crippen LogP contribution in [-0.2, 0) is 0 Å². The van der Waals surface area contributed by atoms with Gasteiger partial charge >= 0.3 is 0 Å². The molecular formula is C11H23O4. The molecule has 0 aliphatic carbocycles. The van der Waals surface area contributed by atoms with Crippen LogP contribution >= 0.6 is 0 Å². The summed E-state index contributed by atoms with van der Waals surface area (Å²) in [4.78, 5) is 0. The molecule has 4 heteroatoms. The number of hydrogen-bond acceptors (Lipinski definition) is 4. The minimum absolute atomic E-state index is 0.0303. The maximum atomic E-state index is 9.51. The Kier molecular flexibility index (Phi) is 9.00. The largest absolute Gasteiger partial charge is 0.396 e. The summed E-state index contributed by atoms with van der Waals surface area (Å²) in [5.41, 5.74) is 0. The van der Waals surface area contributed by atoms with E-state index in [0.717, 1.165) is 0 Å². The molecule has 0 aliphatic heterocycles. The van der Waals surface area contributed by atoms with Gasteiger partial charge in [0.25, 0.3) is 0 Å². The van der Waals surface area contributed by atoms with Crippen molar-refractivity contribution < 1.29 is 20.4 Å². The Morgan fingerprint density at radius 2 is 1.13 bits per heavy atom. The number of aliphatic hydroxyl groups is 4. The Bertz CT molecular complexity index is 141. The summed E-state index contributed by atoms with van der Waals surface area (Å²) < 4.78 is 0. The van der Waals surface area contributed by atoms with Crippen LogP contribution in [0.1, 0.15) is 38.5 Å². The molecule has 3 atom stereocenters. The van der Waals surface area contributed by atoms with Crippen LogP contribution in [0.25, 0.3) is 0 Å². The van der Waals surface area contributed by atoms with E-state index < -0.39 is 18.3 Å². The van der Waals surface area contributed by atoms with Crippen molar-refractivity contribution in [1.29, 1.82) is 0 Å². The highest BCUT2D eigenvalue weighted by Gasteiger charge is 2.10. The summed E-state index contributed by atoms with van der Waals surface area (Å²) in [7, 11) is 0. The molecule has 0 aromatic rings. The lowest BCUT2D eigenvalue weighted by Crippen LogP contribution is -2.16. The van der Waals surface area contributed by atoms with Crippen molar-refractivity contribution >= 4 is 0 Å². The van der Waals surface area contributed by atoms with Gasteiger partial charge in [0.2, 0.25) is 0 Å². The fourth-order valence-electron chi connectivity index (χ4n) is 1.35.